The third-order valence-electron chi connectivity index (χ3n) is 2.32. The minimum absolute atomic E-state index is 0.173. The van der Waals surface area contributed by atoms with Gasteiger partial charge in [-0.15, -0.1) is 0 Å². The van der Waals surface area contributed by atoms with Crippen LogP contribution in [0.1, 0.15) is 0 Å². The molecule has 92 valence electrons. The molecular formula is C13H9Br2NO2. The first-order valence-corrected chi connectivity index (χ1v) is 6.70. The third kappa shape index (κ3) is 2.98. The van der Waals surface area contributed by atoms with Gasteiger partial charge in [0.1, 0.15) is 0 Å². The summed E-state index contributed by atoms with van der Waals surface area (Å²) < 4.78 is 1.21. The first-order chi connectivity index (χ1) is 8.58. The number of Topliss-reactive ketones (excluding diaryl/α,β-unsaturated/α-hetero) is 1. The zero-order valence-electron chi connectivity index (χ0n) is 9.18. The van der Waals surface area contributed by atoms with Gasteiger partial charge in [-0.3, -0.25) is 10.0 Å². The number of anilines is 1. The number of nitrogens with zero attached hydrogens (tertiary/aromatic N) is 1. The van der Waals surface area contributed by atoms with Crippen molar-refractivity contribution in [1.29, 1.82) is 0 Å². The molecule has 0 saturated carbocycles. The van der Waals surface area contributed by atoms with Crippen LogP contribution >= 0.6 is 31.9 Å². The Morgan fingerprint density at radius 2 is 1.78 bits per heavy atom. The average molecular weight is 371 g/mol. The number of carbonyl (C=O) groups is 1. The second kappa shape index (κ2) is 5.65. The van der Waals surface area contributed by atoms with Crippen LogP contribution in [-0.4, -0.2) is 11.0 Å². The molecule has 0 atom stereocenters. The first-order valence-electron chi connectivity index (χ1n) is 5.12. The molecular weight excluding hydrogens is 362 g/mol. The Kier molecular flexibility index (Phi) is 4.16. The van der Waals surface area contributed by atoms with Crippen molar-refractivity contribution in [1.82, 2.24) is 0 Å². The predicted molar refractivity (Wildman–Crippen MR) is 77.8 cm³/mol. The van der Waals surface area contributed by atoms with Gasteiger partial charge in [-0.1, -0.05) is 34.1 Å². The van der Waals surface area contributed by atoms with Crippen molar-refractivity contribution < 1.29 is 10.0 Å². The van der Waals surface area contributed by atoms with Crippen LogP contribution in [0.2, 0.25) is 0 Å². The minimum Gasteiger partial charge on any atom is -0.288 e. The molecule has 3 nitrogen and oxygen atoms in total. The van der Waals surface area contributed by atoms with Gasteiger partial charge in [0.05, 0.1) is 10.2 Å². The maximum atomic E-state index is 11.9. The molecule has 0 spiro atoms. The van der Waals surface area contributed by atoms with E-state index in [9.17, 15) is 10.0 Å². The molecule has 0 bridgehead atoms. The van der Waals surface area contributed by atoms with E-state index in [1.165, 1.54) is 6.20 Å². The molecule has 1 aliphatic carbocycles. The summed E-state index contributed by atoms with van der Waals surface area (Å²) in [6.07, 6.45) is 4.70. The van der Waals surface area contributed by atoms with Crippen molar-refractivity contribution in [2.75, 3.05) is 5.06 Å². The predicted octanol–water partition coefficient (Wildman–Crippen LogP) is 3.91. The third-order valence-corrected chi connectivity index (χ3v) is 3.37. The van der Waals surface area contributed by atoms with E-state index < -0.39 is 0 Å². The number of hydrogen-bond donors (Lipinski definition) is 1. The van der Waals surface area contributed by atoms with Gasteiger partial charge < -0.3 is 0 Å². The minimum atomic E-state index is -0.173. The van der Waals surface area contributed by atoms with Crippen LogP contribution in [0.5, 0.6) is 0 Å². The molecule has 0 heterocycles. The molecule has 1 aromatic carbocycles. The van der Waals surface area contributed by atoms with E-state index in [2.05, 4.69) is 31.9 Å². The van der Waals surface area contributed by atoms with Crippen LogP contribution < -0.4 is 5.06 Å². The van der Waals surface area contributed by atoms with Gasteiger partial charge in [-0.25, -0.2) is 5.06 Å². The molecule has 5 heteroatoms. The Morgan fingerprint density at radius 3 is 2.44 bits per heavy atom. The lowest BCUT2D eigenvalue weighted by Crippen LogP contribution is -2.14. The summed E-state index contributed by atoms with van der Waals surface area (Å²) in [5.41, 5.74) is 0.982. The lowest BCUT2D eigenvalue weighted by atomic mass is 10.1. The van der Waals surface area contributed by atoms with Crippen LogP contribution in [0.15, 0.2) is 63.2 Å². The molecule has 0 amide bonds. The van der Waals surface area contributed by atoms with Gasteiger partial charge in [-0.2, -0.15) is 0 Å². The summed E-state index contributed by atoms with van der Waals surface area (Å²) in [7, 11) is 0. The summed E-state index contributed by atoms with van der Waals surface area (Å²) >= 11 is 6.48. The standard InChI is InChI=1S/C13H9Br2NO2/c14-10-6-9(13(17)12(15)7-10)8-16(18)11-4-2-1-3-5-11/h1-8,18H/b9-8+. The van der Waals surface area contributed by atoms with Crippen molar-refractivity contribution in [3.8, 4) is 0 Å². The molecule has 1 aliphatic rings. The van der Waals surface area contributed by atoms with Crippen molar-refractivity contribution in [3.63, 3.8) is 0 Å². The fraction of sp³-hybridized carbons (Fsp3) is 0. The molecule has 18 heavy (non-hydrogen) atoms. The van der Waals surface area contributed by atoms with Crippen LogP contribution in [0.4, 0.5) is 5.69 Å². The van der Waals surface area contributed by atoms with E-state index in [0.717, 1.165) is 9.55 Å². The average Bonchev–Trinajstić information content (AvgIpc) is 2.36. The second-order valence-electron chi connectivity index (χ2n) is 3.62. The quantitative estimate of drug-likeness (QED) is 0.633. The van der Waals surface area contributed by atoms with E-state index in [4.69, 9.17) is 0 Å². The highest BCUT2D eigenvalue weighted by molar-refractivity contribution is 9.12. The number of para-hydroxylation sites is 1. The highest BCUT2D eigenvalue weighted by Crippen LogP contribution is 2.26. The number of halogens is 2. The fourth-order valence-corrected chi connectivity index (χ4v) is 2.72. The van der Waals surface area contributed by atoms with Gasteiger partial charge >= 0.3 is 0 Å². The highest BCUT2D eigenvalue weighted by atomic mass is 79.9. The monoisotopic (exact) mass is 369 g/mol. The van der Waals surface area contributed by atoms with Crippen LogP contribution in [0, 0.1) is 0 Å². The number of rotatable bonds is 2. The zero-order valence-corrected chi connectivity index (χ0v) is 12.3. The molecule has 0 fully saturated rings. The largest absolute Gasteiger partial charge is 0.288 e. The maximum absolute atomic E-state index is 11.9. The Bertz CT molecular complexity index is 562. The van der Waals surface area contributed by atoms with E-state index in [1.807, 2.05) is 6.07 Å². The lowest BCUT2D eigenvalue weighted by Gasteiger charge is -2.14. The summed E-state index contributed by atoms with van der Waals surface area (Å²) in [6.45, 7) is 0. The topological polar surface area (TPSA) is 40.5 Å². The van der Waals surface area contributed by atoms with Gasteiger partial charge in [0.25, 0.3) is 0 Å². The summed E-state index contributed by atoms with van der Waals surface area (Å²) in [5.74, 6) is -0.173. The Labute approximate surface area is 121 Å². The number of benzene rings is 1. The van der Waals surface area contributed by atoms with Crippen molar-refractivity contribution in [2.45, 2.75) is 0 Å². The van der Waals surface area contributed by atoms with E-state index >= 15 is 0 Å². The molecule has 0 aliphatic heterocycles. The summed E-state index contributed by atoms with van der Waals surface area (Å²) in [4.78, 5) is 11.9. The Hall–Kier alpha value is -1.17. The van der Waals surface area contributed by atoms with Crippen molar-refractivity contribution >= 4 is 43.3 Å². The highest BCUT2D eigenvalue weighted by Gasteiger charge is 2.17. The number of ketones is 1. The number of carbonyl (C=O) groups excluding carboxylic acids is 1. The smallest absolute Gasteiger partial charge is 0.201 e. The van der Waals surface area contributed by atoms with E-state index in [0.29, 0.717) is 15.7 Å². The molecule has 0 unspecified atom stereocenters. The Balaban J connectivity index is 2.29. The van der Waals surface area contributed by atoms with Crippen LogP contribution in [-0.2, 0) is 4.79 Å². The van der Waals surface area contributed by atoms with E-state index in [-0.39, 0.29) is 5.78 Å². The molecule has 0 radical (unpaired) electrons. The lowest BCUT2D eigenvalue weighted by molar-refractivity contribution is -0.111. The molecule has 2 rings (SSSR count). The zero-order chi connectivity index (χ0) is 13.1. The molecule has 1 aromatic rings. The van der Waals surface area contributed by atoms with Crippen LogP contribution in [0.25, 0.3) is 0 Å². The maximum Gasteiger partial charge on any atom is 0.201 e. The van der Waals surface area contributed by atoms with Crippen molar-refractivity contribution in [2.24, 2.45) is 0 Å². The molecule has 0 aromatic heterocycles. The number of allylic oxidation sites excluding steroid dienone is 5. The van der Waals surface area contributed by atoms with Crippen molar-refractivity contribution in [3.05, 3.63) is 63.2 Å². The van der Waals surface area contributed by atoms with Gasteiger partial charge in [0.2, 0.25) is 5.78 Å². The first kappa shape index (κ1) is 13.3. The summed E-state index contributed by atoms with van der Waals surface area (Å²) in [5, 5.41) is 10.8. The normalized spacial score (nSPS) is 17.5. The second-order valence-corrected chi connectivity index (χ2v) is 5.39. The molecule has 1 N–H and O–H groups in total. The number of hydrogen-bond acceptors (Lipinski definition) is 3. The molecule has 0 saturated heterocycles. The van der Waals surface area contributed by atoms with Gasteiger partial charge in [0, 0.05) is 16.3 Å². The Morgan fingerprint density at radius 1 is 1.11 bits per heavy atom. The van der Waals surface area contributed by atoms with Gasteiger partial charge in [-0.05, 0) is 40.2 Å². The summed E-state index contributed by atoms with van der Waals surface area (Å²) in [6, 6.07) is 8.96. The number of hydroxylamine groups is 1. The fourth-order valence-electron chi connectivity index (χ4n) is 1.46. The van der Waals surface area contributed by atoms with Gasteiger partial charge in [0.15, 0.2) is 0 Å². The van der Waals surface area contributed by atoms with Crippen LogP contribution in [0.3, 0.4) is 0 Å². The van der Waals surface area contributed by atoms with E-state index in [1.54, 1.807) is 36.4 Å². The SMILES string of the molecule is O=C1C(Br)=CC(Br)=C/C1=C\N(O)c1ccccc1.